The zero-order chi connectivity index (χ0) is 12.3. The standard InChI is InChI=1S/C11H14N4O2/c1-3-17-11(16)9-4-10-13-6-8(5-12-2)7-15(10)14-9/h4,6-7,12H,3,5H2,1-2H3. The number of nitrogens with zero attached hydrogens (tertiary/aromatic N) is 3. The van der Waals surface area contributed by atoms with Crippen LogP contribution in [0.15, 0.2) is 18.5 Å². The van der Waals surface area contributed by atoms with Gasteiger partial charge in [0, 0.05) is 30.6 Å². The molecular weight excluding hydrogens is 220 g/mol. The minimum atomic E-state index is -0.423. The Bertz CT molecular complexity index is 535. The zero-order valence-corrected chi connectivity index (χ0v) is 9.80. The van der Waals surface area contributed by atoms with Crippen LogP contribution in [0.2, 0.25) is 0 Å². The van der Waals surface area contributed by atoms with Gasteiger partial charge >= 0.3 is 5.97 Å². The van der Waals surface area contributed by atoms with Crippen molar-refractivity contribution in [3.63, 3.8) is 0 Å². The third-order valence-corrected chi connectivity index (χ3v) is 2.23. The summed E-state index contributed by atoms with van der Waals surface area (Å²) >= 11 is 0. The van der Waals surface area contributed by atoms with E-state index in [0.717, 1.165) is 5.56 Å². The van der Waals surface area contributed by atoms with Crippen molar-refractivity contribution in [3.8, 4) is 0 Å². The van der Waals surface area contributed by atoms with E-state index in [1.807, 2.05) is 13.2 Å². The monoisotopic (exact) mass is 234 g/mol. The van der Waals surface area contributed by atoms with E-state index in [1.54, 1.807) is 23.7 Å². The van der Waals surface area contributed by atoms with E-state index in [0.29, 0.717) is 18.8 Å². The Balaban J connectivity index is 2.33. The number of aromatic nitrogens is 3. The first-order valence-electron chi connectivity index (χ1n) is 5.40. The Morgan fingerprint density at radius 2 is 2.41 bits per heavy atom. The van der Waals surface area contributed by atoms with Crippen LogP contribution in [-0.4, -0.2) is 34.2 Å². The maximum atomic E-state index is 11.5. The van der Waals surface area contributed by atoms with E-state index in [4.69, 9.17) is 4.74 Å². The van der Waals surface area contributed by atoms with Crippen LogP contribution < -0.4 is 5.32 Å². The largest absolute Gasteiger partial charge is 0.461 e. The van der Waals surface area contributed by atoms with Gasteiger partial charge in [0.05, 0.1) is 6.61 Å². The second-order valence-electron chi connectivity index (χ2n) is 3.55. The van der Waals surface area contributed by atoms with Crippen LogP contribution in [0.5, 0.6) is 0 Å². The molecule has 0 saturated carbocycles. The molecule has 0 amide bonds. The highest BCUT2D eigenvalue weighted by atomic mass is 16.5. The lowest BCUT2D eigenvalue weighted by Crippen LogP contribution is -2.07. The first-order chi connectivity index (χ1) is 8.24. The van der Waals surface area contributed by atoms with E-state index in [1.165, 1.54) is 0 Å². The van der Waals surface area contributed by atoms with E-state index in [-0.39, 0.29) is 5.69 Å². The Hall–Kier alpha value is -1.95. The summed E-state index contributed by atoms with van der Waals surface area (Å²) < 4.78 is 6.46. The minimum Gasteiger partial charge on any atom is -0.461 e. The maximum Gasteiger partial charge on any atom is 0.358 e. The number of hydrogen-bond donors (Lipinski definition) is 1. The van der Waals surface area contributed by atoms with E-state index < -0.39 is 5.97 Å². The molecule has 0 atom stereocenters. The summed E-state index contributed by atoms with van der Waals surface area (Å²) in [7, 11) is 1.86. The Labute approximate surface area is 98.6 Å². The third-order valence-electron chi connectivity index (χ3n) is 2.23. The molecule has 0 spiro atoms. The highest BCUT2D eigenvalue weighted by molar-refractivity contribution is 5.88. The minimum absolute atomic E-state index is 0.279. The van der Waals surface area contributed by atoms with Crippen LogP contribution in [0.3, 0.4) is 0 Å². The Kier molecular flexibility index (Phi) is 3.34. The lowest BCUT2D eigenvalue weighted by molar-refractivity contribution is 0.0519. The molecule has 0 saturated heterocycles. The van der Waals surface area contributed by atoms with Crippen molar-refractivity contribution in [2.45, 2.75) is 13.5 Å². The van der Waals surface area contributed by atoms with Gasteiger partial charge in [0.1, 0.15) is 0 Å². The first kappa shape index (κ1) is 11.5. The lowest BCUT2D eigenvalue weighted by Gasteiger charge is -1.99. The molecule has 0 aromatic carbocycles. The summed E-state index contributed by atoms with van der Waals surface area (Å²) in [5.41, 5.74) is 1.91. The van der Waals surface area contributed by atoms with Crippen LogP contribution in [0.25, 0.3) is 5.65 Å². The van der Waals surface area contributed by atoms with E-state index in [2.05, 4.69) is 15.4 Å². The number of rotatable bonds is 4. The van der Waals surface area contributed by atoms with Crippen molar-refractivity contribution in [2.75, 3.05) is 13.7 Å². The molecule has 0 aliphatic rings. The highest BCUT2D eigenvalue weighted by Crippen LogP contribution is 2.06. The summed E-state index contributed by atoms with van der Waals surface area (Å²) in [6.07, 6.45) is 3.59. The molecule has 0 radical (unpaired) electrons. The predicted octanol–water partition coefficient (Wildman–Crippen LogP) is 0.625. The average molecular weight is 234 g/mol. The number of carbonyl (C=O) groups excluding carboxylic acids is 1. The van der Waals surface area contributed by atoms with Crippen LogP contribution in [0.4, 0.5) is 0 Å². The quantitative estimate of drug-likeness (QED) is 0.786. The Morgan fingerprint density at radius 1 is 1.59 bits per heavy atom. The molecule has 0 bridgehead atoms. The molecule has 17 heavy (non-hydrogen) atoms. The fourth-order valence-electron chi connectivity index (χ4n) is 1.52. The number of carbonyl (C=O) groups is 1. The Morgan fingerprint density at radius 3 is 3.12 bits per heavy atom. The summed E-state index contributed by atoms with van der Waals surface area (Å²) in [6.45, 7) is 2.81. The van der Waals surface area contributed by atoms with E-state index in [9.17, 15) is 4.79 Å². The maximum absolute atomic E-state index is 11.5. The molecule has 2 aromatic heterocycles. The van der Waals surface area contributed by atoms with Crippen LogP contribution in [-0.2, 0) is 11.3 Å². The number of fused-ring (bicyclic) bond motifs is 1. The first-order valence-corrected chi connectivity index (χ1v) is 5.40. The zero-order valence-electron chi connectivity index (χ0n) is 9.80. The topological polar surface area (TPSA) is 68.5 Å². The smallest absolute Gasteiger partial charge is 0.358 e. The summed E-state index contributed by atoms with van der Waals surface area (Å²) in [4.78, 5) is 15.7. The molecular formula is C11H14N4O2. The summed E-state index contributed by atoms with van der Waals surface area (Å²) in [5, 5.41) is 7.15. The van der Waals surface area contributed by atoms with Crippen LogP contribution >= 0.6 is 0 Å². The van der Waals surface area contributed by atoms with Crippen molar-refractivity contribution in [2.24, 2.45) is 0 Å². The van der Waals surface area contributed by atoms with Crippen molar-refractivity contribution in [1.29, 1.82) is 0 Å². The van der Waals surface area contributed by atoms with Crippen molar-refractivity contribution in [3.05, 3.63) is 29.7 Å². The lowest BCUT2D eigenvalue weighted by atomic mass is 10.3. The molecule has 0 aliphatic carbocycles. The molecule has 1 N–H and O–H groups in total. The molecule has 6 nitrogen and oxygen atoms in total. The van der Waals surface area contributed by atoms with Gasteiger partial charge in [-0.3, -0.25) is 0 Å². The molecule has 2 aromatic rings. The van der Waals surface area contributed by atoms with Gasteiger partial charge in [-0.15, -0.1) is 0 Å². The fraction of sp³-hybridized carbons (Fsp3) is 0.364. The fourth-order valence-corrected chi connectivity index (χ4v) is 1.52. The molecule has 90 valence electrons. The van der Waals surface area contributed by atoms with Crippen LogP contribution in [0.1, 0.15) is 23.0 Å². The van der Waals surface area contributed by atoms with Crippen LogP contribution in [0, 0.1) is 0 Å². The van der Waals surface area contributed by atoms with Gasteiger partial charge in [-0.1, -0.05) is 0 Å². The molecule has 0 fully saturated rings. The second kappa shape index (κ2) is 4.92. The average Bonchev–Trinajstić information content (AvgIpc) is 2.73. The normalized spacial score (nSPS) is 10.7. The number of nitrogens with one attached hydrogen (secondary N) is 1. The van der Waals surface area contributed by atoms with Crippen molar-refractivity contribution in [1.82, 2.24) is 19.9 Å². The van der Waals surface area contributed by atoms with E-state index >= 15 is 0 Å². The molecule has 6 heteroatoms. The molecule has 2 heterocycles. The summed E-state index contributed by atoms with van der Waals surface area (Å²) in [5.74, 6) is -0.423. The predicted molar refractivity (Wildman–Crippen MR) is 61.7 cm³/mol. The summed E-state index contributed by atoms with van der Waals surface area (Å²) in [6, 6.07) is 1.61. The van der Waals surface area contributed by atoms with Gasteiger partial charge in [-0.05, 0) is 14.0 Å². The number of hydrogen-bond acceptors (Lipinski definition) is 5. The van der Waals surface area contributed by atoms with Crippen molar-refractivity contribution < 1.29 is 9.53 Å². The third kappa shape index (κ3) is 2.42. The van der Waals surface area contributed by atoms with Gasteiger partial charge < -0.3 is 10.1 Å². The highest BCUT2D eigenvalue weighted by Gasteiger charge is 2.12. The SMILES string of the molecule is CCOC(=O)c1cc2ncc(CNC)cn2n1. The molecule has 0 aliphatic heterocycles. The van der Waals surface area contributed by atoms with Gasteiger partial charge in [0.2, 0.25) is 0 Å². The molecule has 0 unspecified atom stereocenters. The number of ether oxygens (including phenoxy) is 1. The second-order valence-corrected chi connectivity index (χ2v) is 3.55. The molecule has 2 rings (SSSR count). The van der Waals surface area contributed by atoms with Gasteiger partial charge in [-0.2, -0.15) is 5.10 Å². The van der Waals surface area contributed by atoms with Gasteiger partial charge in [-0.25, -0.2) is 14.3 Å². The van der Waals surface area contributed by atoms with Gasteiger partial charge in [0.15, 0.2) is 11.3 Å². The van der Waals surface area contributed by atoms with Gasteiger partial charge in [0.25, 0.3) is 0 Å². The van der Waals surface area contributed by atoms with Crippen molar-refractivity contribution >= 4 is 11.6 Å². The number of esters is 1.